The molecule has 0 aliphatic carbocycles. The number of para-hydroxylation sites is 1. The zero-order valence-corrected chi connectivity index (χ0v) is 24.5. The molecule has 14 heteroatoms. The molecule has 0 spiro atoms. The Balaban J connectivity index is 1.66. The number of nitrogens with one attached hydrogen (secondary N) is 2. The molecule has 1 aromatic heterocycles. The van der Waals surface area contributed by atoms with Crippen molar-refractivity contribution < 1.29 is 42.8 Å². The van der Waals surface area contributed by atoms with E-state index >= 15 is 0 Å². The summed E-state index contributed by atoms with van der Waals surface area (Å²) < 4.78 is 34.1. The third-order valence-electron chi connectivity index (χ3n) is 6.03. The first kappa shape index (κ1) is 30.7. The lowest BCUT2D eigenvalue weighted by molar-refractivity contribution is -0.296. The smallest absolute Gasteiger partial charge is 0.303 e. The molecule has 1 aliphatic heterocycles. The lowest BCUT2D eigenvalue weighted by atomic mass is 9.97. The molecule has 0 radical (unpaired) electrons. The van der Waals surface area contributed by atoms with Crippen LogP contribution in [-0.4, -0.2) is 80.3 Å². The van der Waals surface area contributed by atoms with Gasteiger partial charge in [0.2, 0.25) is 5.96 Å². The minimum absolute atomic E-state index is 0.0846. The summed E-state index contributed by atoms with van der Waals surface area (Å²) in [6.07, 6.45) is -5.68. The van der Waals surface area contributed by atoms with E-state index in [0.717, 1.165) is 10.2 Å². The number of esters is 3. The van der Waals surface area contributed by atoms with E-state index in [1.807, 2.05) is 36.4 Å². The fraction of sp³-hybridized carbons (Fsp3) is 0.393. The van der Waals surface area contributed by atoms with Crippen molar-refractivity contribution in [1.29, 1.82) is 0 Å². The van der Waals surface area contributed by atoms with Gasteiger partial charge in [-0.2, -0.15) is 0 Å². The average Bonchev–Trinajstić information content (AvgIpc) is 3.36. The summed E-state index contributed by atoms with van der Waals surface area (Å²) in [5.41, 5.74) is 1.52. The van der Waals surface area contributed by atoms with Gasteiger partial charge in [0.15, 0.2) is 29.7 Å². The van der Waals surface area contributed by atoms with Crippen LogP contribution in [0.5, 0.6) is 5.75 Å². The van der Waals surface area contributed by atoms with Crippen LogP contribution < -0.4 is 15.4 Å². The van der Waals surface area contributed by atoms with E-state index in [-0.39, 0.29) is 6.54 Å². The van der Waals surface area contributed by atoms with Crippen LogP contribution in [0, 0.1) is 0 Å². The van der Waals surface area contributed by atoms with Crippen LogP contribution in [0.3, 0.4) is 0 Å². The number of hydrogen-bond acceptors (Lipinski definition) is 12. The van der Waals surface area contributed by atoms with Crippen molar-refractivity contribution in [2.24, 2.45) is 4.99 Å². The van der Waals surface area contributed by atoms with Crippen LogP contribution >= 0.6 is 11.3 Å². The van der Waals surface area contributed by atoms with E-state index in [9.17, 15) is 14.4 Å². The Morgan fingerprint density at radius 1 is 0.881 bits per heavy atom. The maximum atomic E-state index is 12.1. The number of anilines is 2. The molecule has 5 atom stereocenters. The summed E-state index contributed by atoms with van der Waals surface area (Å²) in [5.74, 6) is -0.997. The van der Waals surface area contributed by atoms with E-state index in [4.69, 9.17) is 28.4 Å². The monoisotopic (exact) mass is 600 g/mol. The highest BCUT2D eigenvalue weighted by atomic mass is 32.1. The molecule has 4 rings (SSSR count). The molecule has 1 saturated heterocycles. The number of thiazole rings is 1. The van der Waals surface area contributed by atoms with Crippen molar-refractivity contribution in [2.45, 2.75) is 51.5 Å². The largest absolute Gasteiger partial charge is 0.497 e. The molecule has 42 heavy (non-hydrogen) atoms. The summed E-state index contributed by atoms with van der Waals surface area (Å²) in [6, 6.07) is 14.9. The van der Waals surface area contributed by atoms with Crippen LogP contribution in [0.25, 0.3) is 10.2 Å². The number of carbonyl (C=O) groups is 3. The first-order valence-corrected chi connectivity index (χ1v) is 13.8. The predicted octanol–water partition coefficient (Wildman–Crippen LogP) is 3.35. The highest BCUT2D eigenvalue weighted by molar-refractivity contribution is 7.22. The average molecular weight is 601 g/mol. The predicted molar refractivity (Wildman–Crippen MR) is 154 cm³/mol. The van der Waals surface area contributed by atoms with Crippen molar-refractivity contribution in [3.8, 4) is 5.75 Å². The highest BCUT2D eigenvalue weighted by Gasteiger charge is 2.52. The molecule has 0 bridgehead atoms. The first-order valence-electron chi connectivity index (χ1n) is 12.9. The van der Waals surface area contributed by atoms with Crippen LogP contribution in [-0.2, 0) is 38.1 Å². The summed E-state index contributed by atoms with van der Waals surface area (Å²) in [4.78, 5) is 45.3. The van der Waals surface area contributed by atoms with E-state index in [1.165, 1.54) is 39.2 Å². The van der Waals surface area contributed by atoms with Gasteiger partial charge in [-0.25, -0.2) is 9.98 Å². The van der Waals surface area contributed by atoms with Crippen LogP contribution in [0.4, 0.5) is 10.8 Å². The Bertz CT molecular complexity index is 1400. The third kappa shape index (κ3) is 7.93. The number of carbonyl (C=O) groups excluding carboxylic acids is 3. The summed E-state index contributed by atoms with van der Waals surface area (Å²) in [7, 11) is 2.93. The molecule has 2 N–H and O–H groups in total. The molecule has 224 valence electrons. The number of nitrogens with zero attached hydrogens (tertiary/aromatic N) is 2. The van der Waals surface area contributed by atoms with Gasteiger partial charge in [0, 0.05) is 33.6 Å². The maximum Gasteiger partial charge on any atom is 0.303 e. The number of hydrogen-bond donors (Lipinski definition) is 2. The Hall–Kier alpha value is -4.27. The van der Waals surface area contributed by atoms with Gasteiger partial charge >= 0.3 is 17.9 Å². The molecule has 0 unspecified atom stereocenters. The van der Waals surface area contributed by atoms with E-state index in [1.54, 1.807) is 19.2 Å². The number of fused-ring (bicyclic) bond motifs is 1. The van der Waals surface area contributed by atoms with Gasteiger partial charge in [-0.15, -0.1) is 0 Å². The number of aliphatic imine (C=N–C) groups is 1. The van der Waals surface area contributed by atoms with Gasteiger partial charge in [-0.3, -0.25) is 14.4 Å². The topological polar surface area (TPSA) is 156 Å². The number of guanidine groups is 1. The molecule has 2 heterocycles. The van der Waals surface area contributed by atoms with Crippen molar-refractivity contribution in [3.63, 3.8) is 0 Å². The summed E-state index contributed by atoms with van der Waals surface area (Å²) in [6.45, 7) is 3.51. The molecule has 0 saturated carbocycles. The zero-order chi connectivity index (χ0) is 30.2. The quantitative estimate of drug-likeness (QED) is 0.160. The SMILES string of the molecule is COc1ccc(NC(=NC[C@H]2O[C@H](OC)[C@H](OC(C)=O)[C@@H](OC(C)=O)[C@@H]2OC(C)=O)Nc2nc3ccccc3s2)cc1. The second kappa shape index (κ2) is 14.1. The number of aromatic nitrogens is 1. The second-order valence-corrected chi connectivity index (χ2v) is 10.2. The Morgan fingerprint density at radius 3 is 2.14 bits per heavy atom. The van der Waals surface area contributed by atoms with E-state index < -0.39 is 48.6 Å². The van der Waals surface area contributed by atoms with Crippen molar-refractivity contribution >= 4 is 56.2 Å². The summed E-state index contributed by atoms with van der Waals surface area (Å²) >= 11 is 1.44. The minimum atomic E-state index is -1.22. The molecule has 2 aromatic carbocycles. The number of benzene rings is 2. The van der Waals surface area contributed by atoms with Crippen molar-refractivity contribution in [1.82, 2.24) is 4.98 Å². The van der Waals surface area contributed by atoms with Gasteiger partial charge in [0.25, 0.3) is 0 Å². The molecular weight excluding hydrogens is 568 g/mol. The fourth-order valence-corrected chi connectivity index (χ4v) is 5.19. The van der Waals surface area contributed by atoms with Crippen LogP contribution in [0.2, 0.25) is 0 Å². The number of methoxy groups -OCH3 is 2. The van der Waals surface area contributed by atoms with Crippen molar-refractivity contribution in [2.75, 3.05) is 31.4 Å². The van der Waals surface area contributed by atoms with Crippen LogP contribution in [0.1, 0.15) is 20.8 Å². The van der Waals surface area contributed by atoms with Crippen LogP contribution in [0.15, 0.2) is 53.5 Å². The Kier molecular flexibility index (Phi) is 10.3. The molecule has 13 nitrogen and oxygen atoms in total. The van der Waals surface area contributed by atoms with Crippen molar-refractivity contribution in [3.05, 3.63) is 48.5 Å². The fourth-order valence-electron chi connectivity index (χ4n) is 4.32. The lowest BCUT2D eigenvalue weighted by Crippen LogP contribution is -2.62. The molecule has 3 aromatic rings. The normalized spacial score (nSPS) is 22.2. The first-order chi connectivity index (χ1) is 20.2. The van der Waals surface area contributed by atoms with Gasteiger partial charge in [0.1, 0.15) is 11.9 Å². The van der Waals surface area contributed by atoms with Gasteiger partial charge < -0.3 is 39.1 Å². The molecule has 1 fully saturated rings. The van der Waals surface area contributed by atoms with E-state index in [2.05, 4.69) is 20.6 Å². The highest BCUT2D eigenvalue weighted by Crippen LogP contribution is 2.30. The number of rotatable bonds is 9. The Labute approximate surface area is 246 Å². The Morgan fingerprint density at radius 2 is 1.52 bits per heavy atom. The second-order valence-electron chi connectivity index (χ2n) is 9.16. The number of ether oxygens (including phenoxy) is 6. The maximum absolute atomic E-state index is 12.1. The van der Waals surface area contributed by atoms with Gasteiger partial charge in [-0.1, -0.05) is 23.5 Å². The zero-order valence-electron chi connectivity index (χ0n) is 23.7. The third-order valence-corrected chi connectivity index (χ3v) is 6.98. The minimum Gasteiger partial charge on any atom is -0.497 e. The summed E-state index contributed by atoms with van der Waals surface area (Å²) in [5, 5.41) is 7.02. The van der Waals surface area contributed by atoms with Gasteiger partial charge in [0.05, 0.1) is 23.9 Å². The van der Waals surface area contributed by atoms with Gasteiger partial charge in [-0.05, 0) is 36.4 Å². The molecule has 0 amide bonds. The van der Waals surface area contributed by atoms with E-state index in [0.29, 0.717) is 22.5 Å². The molecular formula is C28H32N4O9S. The standard InChI is InChI=1S/C28H32N4O9S/c1-15(33)38-23-21(41-26(37-5)25(40-17(3)35)24(23)39-16(2)34)14-29-27(30-18-10-12-19(36-4)13-11-18)32-28-31-20-8-6-7-9-22(20)42-28/h6-13,21,23-26H,14H2,1-5H3,(H2,29,30,31,32)/t21-,23-,24+,25-,26+/m1/s1. The lowest BCUT2D eigenvalue weighted by Gasteiger charge is -2.43. The molecule has 1 aliphatic rings.